The average Bonchev–Trinajstić information content (AvgIpc) is 2.64. The fraction of sp³-hybridized carbons (Fsp3) is 1.00. The Hall–Kier alpha value is 0.190. The van der Waals surface area contributed by atoms with Gasteiger partial charge < -0.3 is 4.74 Å². The van der Waals surface area contributed by atoms with Gasteiger partial charge in [0.1, 0.15) is 0 Å². The molecule has 0 N–H and O–H groups in total. The number of rotatable bonds is 5. The van der Waals surface area contributed by atoms with Crippen LogP contribution in [0.25, 0.3) is 0 Å². The molecular weight excluding hydrogens is 306 g/mol. The SMILES string of the molecule is CC(C(C(C)N1CCSCC1)N1CCOCC1)N1CCCCC1. The van der Waals surface area contributed by atoms with Crippen LogP contribution in [0.4, 0.5) is 0 Å². The topological polar surface area (TPSA) is 19.0 Å². The van der Waals surface area contributed by atoms with Crippen molar-refractivity contribution < 1.29 is 4.74 Å². The van der Waals surface area contributed by atoms with Crippen molar-refractivity contribution in [3.63, 3.8) is 0 Å². The van der Waals surface area contributed by atoms with Gasteiger partial charge >= 0.3 is 0 Å². The summed E-state index contributed by atoms with van der Waals surface area (Å²) in [7, 11) is 0. The van der Waals surface area contributed by atoms with E-state index in [1.54, 1.807) is 0 Å². The van der Waals surface area contributed by atoms with E-state index in [0.717, 1.165) is 26.3 Å². The second-order valence-corrected chi connectivity index (χ2v) is 8.59. The number of hydrogen-bond donors (Lipinski definition) is 0. The molecule has 0 aromatic carbocycles. The third-order valence-electron chi connectivity index (χ3n) is 6.04. The minimum absolute atomic E-state index is 0.639. The van der Waals surface area contributed by atoms with Crippen LogP contribution in [0.2, 0.25) is 0 Å². The Balaban J connectivity index is 1.71. The van der Waals surface area contributed by atoms with Gasteiger partial charge in [-0.25, -0.2) is 0 Å². The zero-order chi connectivity index (χ0) is 16.1. The molecule has 3 rings (SSSR count). The number of nitrogens with zero attached hydrogens (tertiary/aromatic N) is 3. The van der Waals surface area contributed by atoms with Crippen LogP contribution in [0.15, 0.2) is 0 Å². The first-order chi connectivity index (χ1) is 11.3. The van der Waals surface area contributed by atoms with Gasteiger partial charge in [0.25, 0.3) is 0 Å². The fourth-order valence-corrected chi connectivity index (χ4v) is 5.56. The molecule has 3 heterocycles. The standard InChI is InChI=1S/C18H35N3OS/c1-16(19-6-4-3-5-7-19)18(21-8-12-22-13-9-21)17(2)20-10-14-23-15-11-20/h16-18H,3-15H2,1-2H3. The van der Waals surface area contributed by atoms with Gasteiger partial charge in [0, 0.05) is 55.8 Å². The van der Waals surface area contributed by atoms with Crippen LogP contribution >= 0.6 is 11.8 Å². The van der Waals surface area contributed by atoms with E-state index in [4.69, 9.17) is 4.74 Å². The van der Waals surface area contributed by atoms with Crippen LogP contribution in [0, 0.1) is 0 Å². The van der Waals surface area contributed by atoms with E-state index in [2.05, 4.69) is 40.3 Å². The Morgan fingerprint density at radius 3 is 1.87 bits per heavy atom. The highest BCUT2D eigenvalue weighted by Gasteiger charge is 2.36. The summed E-state index contributed by atoms with van der Waals surface area (Å²) in [6.45, 7) is 14.1. The lowest BCUT2D eigenvalue weighted by atomic mass is 9.95. The van der Waals surface area contributed by atoms with E-state index < -0.39 is 0 Å². The molecule has 4 nitrogen and oxygen atoms in total. The summed E-state index contributed by atoms with van der Waals surface area (Å²) in [5.41, 5.74) is 0. The first kappa shape index (κ1) is 18.0. The van der Waals surface area contributed by atoms with Crippen LogP contribution < -0.4 is 0 Å². The maximum atomic E-state index is 5.63. The zero-order valence-electron chi connectivity index (χ0n) is 15.1. The number of hydrogen-bond acceptors (Lipinski definition) is 5. The molecule has 0 spiro atoms. The van der Waals surface area contributed by atoms with Crippen LogP contribution in [0.1, 0.15) is 33.1 Å². The van der Waals surface area contributed by atoms with Crippen molar-refractivity contribution in [3.05, 3.63) is 0 Å². The quantitative estimate of drug-likeness (QED) is 0.759. The number of ether oxygens (including phenoxy) is 1. The summed E-state index contributed by atoms with van der Waals surface area (Å²) in [6.07, 6.45) is 4.19. The number of piperidine rings is 1. The summed E-state index contributed by atoms with van der Waals surface area (Å²) >= 11 is 2.11. The Morgan fingerprint density at radius 1 is 0.696 bits per heavy atom. The van der Waals surface area contributed by atoms with Gasteiger partial charge in [0.05, 0.1) is 13.2 Å². The zero-order valence-corrected chi connectivity index (χ0v) is 15.9. The average molecular weight is 342 g/mol. The van der Waals surface area contributed by atoms with Crippen molar-refractivity contribution in [2.45, 2.75) is 51.2 Å². The van der Waals surface area contributed by atoms with Crippen LogP contribution in [-0.2, 0) is 4.74 Å². The molecule has 3 aliphatic heterocycles. The van der Waals surface area contributed by atoms with E-state index in [1.807, 2.05) is 0 Å². The van der Waals surface area contributed by atoms with Crippen molar-refractivity contribution in [1.29, 1.82) is 0 Å². The monoisotopic (exact) mass is 341 g/mol. The van der Waals surface area contributed by atoms with Gasteiger partial charge in [-0.15, -0.1) is 0 Å². The highest BCUT2D eigenvalue weighted by molar-refractivity contribution is 7.99. The summed E-state index contributed by atoms with van der Waals surface area (Å²) in [6, 6.07) is 1.93. The van der Waals surface area contributed by atoms with Gasteiger partial charge in [-0.2, -0.15) is 11.8 Å². The molecule has 23 heavy (non-hydrogen) atoms. The van der Waals surface area contributed by atoms with E-state index in [0.29, 0.717) is 18.1 Å². The molecule has 0 radical (unpaired) electrons. The third-order valence-corrected chi connectivity index (χ3v) is 6.99. The lowest BCUT2D eigenvalue weighted by molar-refractivity contribution is -0.0348. The molecule has 0 saturated carbocycles. The summed E-state index contributed by atoms with van der Waals surface area (Å²) in [4.78, 5) is 8.24. The number of likely N-dealkylation sites (tertiary alicyclic amines) is 1. The second-order valence-electron chi connectivity index (χ2n) is 7.37. The maximum absolute atomic E-state index is 5.63. The molecule has 0 bridgehead atoms. The lowest BCUT2D eigenvalue weighted by Gasteiger charge is -2.49. The molecule has 0 amide bonds. The van der Waals surface area contributed by atoms with E-state index in [-0.39, 0.29) is 0 Å². The molecule has 0 aromatic rings. The lowest BCUT2D eigenvalue weighted by Crippen LogP contribution is -2.62. The van der Waals surface area contributed by atoms with Crippen molar-refractivity contribution in [2.75, 3.05) is 64.0 Å². The first-order valence-corrected chi connectivity index (χ1v) is 10.8. The minimum atomic E-state index is 0.639. The highest BCUT2D eigenvalue weighted by Crippen LogP contribution is 2.24. The Bertz CT molecular complexity index is 315. The molecule has 134 valence electrons. The smallest absolute Gasteiger partial charge is 0.0594 e. The van der Waals surface area contributed by atoms with Crippen LogP contribution in [0.3, 0.4) is 0 Å². The van der Waals surface area contributed by atoms with E-state index in [9.17, 15) is 0 Å². The Kier molecular flexibility index (Phi) is 7.08. The van der Waals surface area contributed by atoms with E-state index in [1.165, 1.54) is 56.9 Å². The number of thioether (sulfide) groups is 1. The van der Waals surface area contributed by atoms with Gasteiger partial charge in [-0.1, -0.05) is 6.42 Å². The van der Waals surface area contributed by atoms with Crippen molar-refractivity contribution in [1.82, 2.24) is 14.7 Å². The second kappa shape index (κ2) is 9.04. The van der Waals surface area contributed by atoms with Crippen molar-refractivity contribution in [3.8, 4) is 0 Å². The molecule has 0 aromatic heterocycles. The van der Waals surface area contributed by atoms with Gasteiger partial charge in [-0.05, 0) is 39.8 Å². The fourth-order valence-electron chi connectivity index (χ4n) is 4.63. The van der Waals surface area contributed by atoms with Gasteiger partial charge in [0.15, 0.2) is 0 Å². The molecule has 3 aliphatic rings. The first-order valence-electron chi connectivity index (χ1n) is 9.65. The van der Waals surface area contributed by atoms with Crippen LogP contribution in [0.5, 0.6) is 0 Å². The Labute approximate surface area is 146 Å². The van der Waals surface area contributed by atoms with Crippen LogP contribution in [-0.4, -0.2) is 96.8 Å². The molecule has 5 heteroatoms. The highest BCUT2D eigenvalue weighted by atomic mass is 32.2. The molecule has 3 unspecified atom stereocenters. The number of morpholine rings is 1. The maximum Gasteiger partial charge on any atom is 0.0594 e. The summed E-state index contributed by atoms with van der Waals surface area (Å²) in [5, 5.41) is 0. The van der Waals surface area contributed by atoms with Crippen molar-refractivity contribution in [2.24, 2.45) is 0 Å². The van der Waals surface area contributed by atoms with E-state index >= 15 is 0 Å². The molecule has 3 fully saturated rings. The molecule has 3 atom stereocenters. The predicted octanol–water partition coefficient (Wildman–Crippen LogP) is 2.00. The summed E-state index contributed by atoms with van der Waals surface area (Å²) in [5.74, 6) is 2.61. The van der Waals surface area contributed by atoms with Gasteiger partial charge in [-0.3, -0.25) is 14.7 Å². The third kappa shape index (κ3) is 4.63. The predicted molar refractivity (Wildman–Crippen MR) is 99.4 cm³/mol. The minimum Gasteiger partial charge on any atom is -0.379 e. The molecular formula is C18H35N3OS. The van der Waals surface area contributed by atoms with Crippen molar-refractivity contribution >= 4 is 11.8 Å². The largest absolute Gasteiger partial charge is 0.379 e. The Morgan fingerprint density at radius 2 is 1.26 bits per heavy atom. The molecule has 0 aliphatic carbocycles. The normalized spacial score (nSPS) is 30.0. The summed E-state index contributed by atoms with van der Waals surface area (Å²) < 4.78 is 5.63. The molecule has 3 saturated heterocycles. The van der Waals surface area contributed by atoms with Gasteiger partial charge in [0.2, 0.25) is 0 Å².